The Morgan fingerprint density at radius 1 is 1.30 bits per heavy atom. The Labute approximate surface area is 136 Å². The van der Waals surface area contributed by atoms with Crippen molar-refractivity contribution in [2.45, 2.75) is 20.3 Å². The van der Waals surface area contributed by atoms with Crippen LogP contribution >= 0.6 is 0 Å². The number of amides is 2. The van der Waals surface area contributed by atoms with E-state index in [0.717, 1.165) is 0 Å². The Bertz CT molecular complexity index is 533. The van der Waals surface area contributed by atoms with Crippen molar-refractivity contribution < 1.29 is 19.1 Å². The topological polar surface area (TPSA) is 88.6 Å². The fourth-order valence-corrected chi connectivity index (χ4v) is 2.09. The van der Waals surface area contributed by atoms with Gasteiger partial charge in [-0.3, -0.25) is 19.4 Å². The molecular formula is C16H23N3O4. The molecule has 7 nitrogen and oxygen atoms in total. The van der Waals surface area contributed by atoms with Gasteiger partial charge in [-0.1, -0.05) is 6.92 Å². The summed E-state index contributed by atoms with van der Waals surface area (Å²) in [6, 6.07) is 3.26. The Kier molecular flexibility index (Phi) is 7.73. The van der Waals surface area contributed by atoms with E-state index >= 15 is 0 Å². The molecule has 1 aromatic rings. The number of methoxy groups -OCH3 is 1. The Morgan fingerprint density at radius 2 is 1.96 bits per heavy atom. The largest absolute Gasteiger partial charge is 0.469 e. The lowest BCUT2D eigenvalue weighted by Gasteiger charge is -2.25. The van der Waals surface area contributed by atoms with Gasteiger partial charge in [0.1, 0.15) is 0 Å². The molecule has 1 N–H and O–H groups in total. The third-order valence-electron chi connectivity index (χ3n) is 3.29. The van der Waals surface area contributed by atoms with Gasteiger partial charge in [0.15, 0.2) is 0 Å². The fourth-order valence-electron chi connectivity index (χ4n) is 2.09. The number of nitrogens with zero attached hydrogens (tertiary/aromatic N) is 2. The summed E-state index contributed by atoms with van der Waals surface area (Å²) < 4.78 is 4.71. The van der Waals surface area contributed by atoms with Gasteiger partial charge in [0.2, 0.25) is 5.91 Å². The van der Waals surface area contributed by atoms with E-state index in [1.54, 1.807) is 36.4 Å². The van der Waals surface area contributed by atoms with Crippen molar-refractivity contribution in [3.63, 3.8) is 0 Å². The SMILES string of the molecule is COC(=O)C(C)CN(CCCNC(C)=O)C(=O)c1ccncc1. The Balaban J connectivity index is 2.73. The number of aromatic nitrogens is 1. The number of ether oxygens (including phenoxy) is 1. The Morgan fingerprint density at radius 3 is 2.52 bits per heavy atom. The molecule has 1 unspecified atom stereocenters. The summed E-state index contributed by atoms with van der Waals surface area (Å²) in [5.74, 6) is -1.07. The molecule has 0 spiro atoms. The van der Waals surface area contributed by atoms with Crippen molar-refractivity contribution in [1.82, 2.24) is 15.2 Å². The number of hydrogen-bond donors (Lipinski definition) is 1. The lowest BCUT2D eigenvalue weighted by Crippen LogP contribution is -2.39. The summed E-state index contributed by atoms with van der Waals surface area (Å²) >= 11 is 0. The molecule has 1 rings (SSSR count). The standard InChI is InChI=1S/C16H23N3O4/c1-12(16(22)23-3)11-19(10-4-7-18-13(2)20)15(21)14-5-8-17-9-6-14/h5-6,8-9,12H,4,7,10-11H2,1-3H3,(H,18,20). The summed E-state index contributed by atoms with van der Waals surface area (Å²) in [5.41, 5.74) is 0.511. The zero-order valence-corrected chi connectivity index (χ0v) is 13.7. The van der Waals surface area contributed by atoms with Crippen LogP contribution in [-0.4, -0.2) is 54.4 Å². The minimum Gasteiger partial charge on any atom is -0.469 e. The molecule has 0 fully saturated rings. The van der Waals surface area contributed by atoms with E-state index < -0.39 is 5.92 Å². The van der Waals surface area contributed by atoms with Gasteiger partial charge in [-0.25, -0.2) is 0 Å². The van der Waals surface area contributed by atoms with Gasteiger partial charge >= 0.3 is 5.97 Å². The van der Waals surface area contributed by atoms with Gasteiger partial charge < -0.3 is 15.0 Å². The quantitative estimate of drug-likeness (QED) is 0.567. The van der Waals surface area contributed by atoms with Crippen molar-refractivity contribution in [3.05, 3.63) is 30.1 Å². The average molecular weight is 321 g/mol. The zero-order valence-electron chi connectivity index (χ0n) is 13.7. The summed E-state index contributed by atoms with van der Waals surface area (Å²) in [6.07, 6.45) is 3.70. The number of carbonyl (C=O) groups excluding carboxylic acids is 3. The molecule has 23 heavy (non-hydrogen) atoms. The van der Waals surface area contributed by atoms with E-state index in [0.29, 0.717) is 25.1 Å². The Hall–Kier alpha value is -2.44. The molecule has 0 saturated carbocycles. The highest BCUT2D eigenvalue weighted by Gasteiger charge is 2.22. The van der Waals surface area contributed by atoms with E-state index in [4.69, 9.17) is 4.74 Å². The van der Waals surface area contributed by atoms with Gasteiger partial charge in [0.25, 0.3) is 5.91 Å². The van der Waals surface area contributed by atoms with Crippen LogP contribution in [0.25, 0.3) is 0 Å². The van der Waals surface area contributed by atoms with Crippen LogP contribution in [0.3, 0.4) is 0 Å². The lowest BCUT2D eigenvalue weighted by molar-refractivity contribution is -0.145. The number of rotatable bonds is 8. The summed E-state index contributed by atoms with van der Waals surface area (Å²) in [7, 11) is 1.32. The molecule has 0 aliphatic heterocycles. The van der Waals surface area contributed by atoms with Crippen molar-refractivity contribution in [1.29, 1.82) is 0 Å². The van der Waals surface area contributed by atoms with Crippen LogP contribution in [0.4, 0.5) is 0 Å². The van der Waals surface area contributed by atoms with Crippen molar-refractivity contribution in [2.75, 3.05) is 26.7 Å². The third-order valence-corrected chi connectivity index (χ3v) is 3.29. The van der Waals surface area contributed by atoms with Crippen LogP contribution < -0.4 is 5.32 Å². The van der Waals surface area contributed by atoms with E-state index in [1.807, 2.05) is 0 Å². The smallest absolute Gasteiger partial charge is 0.310 e. The highest BCUT2D eigenvalue weighted by molar-refractivity contribution is 5.94. The molecule has 0 aromatic carbocycles. The molecule has 7 heteroatoms. The first-order valence-corrected chi connectivity index (χ1v) is 7.47. The number of nitrogens with one attached hydrogen (secondary N) is 1. The summed E-state index contributed by atoms with van der Waals surface area (Å²) in [5, 5.41) is 2.69. The maximum absolute atomic E-state index is 12.6. The third kappa shape index (κ3) is 6.46. The predicted octanol–water partition coefficient (Wildman–Crippen LogP) is 0.859. The van der Waals surface area contributed by atoms with Gasteiger partial charge in [-0.05, 0) is 18.6 Å². The highest BCUT2D eigenvalue weighted by Crippen LogP contribution is 2.09. The number of pyridine rings is 1. The van der Waals surface area contributed by atoms with Crippen molar-refractivity contribution >= 4 is 17.8 Å². The molecule has 0 radical (unpaired) electrons. The minimum absolute atomic E-state index is 0.111. The van der Waals surface area contributed by atoms with Crippen LogP contribution in [-0.2, 0) is 14.3 Å². The van der Waals surface area contributed by atoms with Gasteiger partial charge in [0.05, 0.1) is 13.0 Å². The first-order chi connectivity index (χ1) is 11.0. The van der Waals surface area contributed by atoms with Gasteiger partial charge in [-0.15, -0.1) is 0 Å². The number of hydrogen-bond acceptors (Lipinski definition) is 5. The molecule has 0 aliphatic carbocycles. The van der Waals surface area contributed by atoms with Gasteiger partial charge in [-0.2, -0.15) is 0 Å². The molecule has 0 aliphatic rings. The van der Waals surface area contributed by atoms with Crippen LogP contribution in [0.2, 0.25) is 0 Å². The van der Waals surface area contributed by atoms with E-state index in [2.05, 4.69) is 10.3 Å². The normalized spacial score (nSPS) is 11.4. The molecule has 126 valence electrons. The second kappa shape index (κ2) is 9.55. The maximum Gasteiger partial charge on any atom is 0.310 e. The first kappa shape index (κ1) is 18.6. The summed E-state index contributed by atoms with van der Waals surface area (Å²) in [6.45, 7) is 4.32. The van der Waals surface area contributed by atoms with E-state index in [9.17, 15) is 14.4 Å². The lowest BCUT2D eigenvalue weighted by atomic mass is 10.1. The highest BCUT2D eigenvalue weighted by atomic mass is 16.5. The molecule has 1 aromatic heterocycles. The van der Waals surface area contributed by atoms with Crippen molar-refractivity contribution in [2.24, 2.45) is 5.92 Å². The monoisotopic (exact) mass is 321 g/mol. The maximum atomic E-state index is 12.6. The first-order valence-electron chi connectivity index (χ1n) is 7.47. The van der Waals surface area contributed by atoms with Crippen LogP contribution in [0, 0.1) is 5.92 Å². The average Bonchev–Trinajstić information content (AvgIpc) is 2.56. The number of carbonyl (C=O) groups is 3. The van der Waals surface area contributed by atoms with Gasteiger partial charge in [0, 0.05) is 44.5 Å². The van der Waals surface area contributed by atoms with Crippen LogP contribution in [0.1, 0.15) is 30.6 Å². The van der Waals surface area contributed by atoms with E-state index in [1.165, 1.54) is 14.0 Å². The zero-order chi connectivity index (χ0) is 17.2. The van der Waals surface area contributed by atoms with Crippen LogP contribution in [0.15, 0.2) is 24.5 Å². The minimum atomic E-state index is -0.424. The second-order valence-electron chi connectivity index (χ2n) is 5.25. The molecule has 0 saturated heterocycles. The van der Waals surface area contributed by atoms with Crippen LogP contribution in [0.5, 0.6) is 0 Å². The molecule has 2 amide bonds. The van der Waals surface area contributed by atoms with Crippen molar-refractivity contribution in [3.8, 4) is 0 Å². The second-order valence-corrected chi connectivity index (χ2v) is 5.25. The molecule has 1 atom stereocenters. The predicted molar refractivity (Wildman–Crippen MR) is 84.6 cm³/mol. The fraction of sp³-hybridized carbons (Fsp3) is 0.500. The molecule has 1 heterocycles. The van der Waals surface area contributed by atoms with E-state index in [-0.39, 0.29) is 24.3 Å². The summed E-state index contributed by atoms with van der Waals surface area (Å²) in [4.78, 5) is 40.6. The molecule has 0 bridgehead atoms. The number of esters is 1. The molecular weight excluding hydrogens is 298 g/mol.